The van der Waals surface area contributed by atoms with Crippen molar-refractivity contribution in [3.8, 4) is 5.88 Å². The lowest BCUT2D eigenvalue weighted by Crippen LogP contribution is -2.39. The Labute approximate surface area is 121 Å². The van der Waals surface area contributed by atoms with Gasteiger partial charge in [-0.1, -0.05) is 6.92 Å². The first-order valence-electron chi connectivity index (χ1n) is 7.50. The van der Waals surface area contributed by atoms with Gasteiger partial charge in [0.25, 0.3) is 0 Å². The van der Waals surface area contributed by atoms with Gasteiger partial charge in [0.1, 0.15) is 5.82 Å². The topological polar surface area (TPSA) is 54.6 Å². The van der Waals surface area contributed by atoms with E-state index in [9.17, 15) is 0 Å². The summed E-state index contributed by atoms with van der Waals surface area (Å²) in [7, 11) is 2.08. The summed E-state index contributed by atoms with van der Waals surface area (Å²) in [5, 5.41) is 0. The smallest absolute Gasteiger partial charge is 0.239 e. The Morgan fingerprint density at radius 1 is 1.45 bits per heavy atom. The third-order valence-electron chi connectivity index (χ3n) is 3.94. The van der Waals surface area contributed by atoms with Gasteiger partial charge >= 0.3 is 0 Å². The van der Waals surface area contributed by atoms with Gasteiger partial charge in [0.15, 0.2) is 0 Å². The Balaban J connectivity index is 2.05. The van der Waals surface area contributed by atoms with Crippen molar-refractivity contribution in [2.75, 3.05) is 43.9 Å². The van der Waals surface area contributed by atoms with Gasteiger partial charge in [0.2, 0.25) is 5.88 Å². The number of anilines is 2. The van der Waals surface area contributed by atoms with Gasteiger partial charge in [-0.15, -0.1) is 0 Å². The summed E-state index contributed by atoms with van der Waals surface area (Å²) in [5.74, 6) is 1.46. The lowest BCUT2D eigenvalue weighted by atomic mass is 10.2. The molecule has 2 rings (SSSR count). The fourth-order valence-corrected chi connectivity index (χ4v) is 2.83. The Morgan fingerprint density at radius 3 is 2.95 bits per heavy atom. The number of hydrogen-bond acceptors (Lipinski definition) is 5. The standard InChI is InChI=1S/C15H26N4O/c1-4-19-10-6-7-12(19)11-18(3)14-9-8-13(16)15(17-14)20-5-2/h8-9,12H,4-7,10-11,16H2,1-3H3. The van der Waals surface area contributed by atoms with E-state index in [1.165, 1.54) is 19.4 Å². The maximum absolute atomic E-state index is 5.87. The number of likely N-dealkylation sites (tertiary alicyclic amines) is 1. The molecule has 0 aromatic carbocycles. The zero-order valence-corrected chi connectivity index (χ0v) is 12.8. The van der Waals surface area contributed by atoms with E-state index in [-0.39, 0.29) is 0 Å². The van der Waals surface area contributed by atoms with E-state index >= 15 is 0 Å². The van der Waals surface area contributed by atoms with E-state index in [1.54, 1.807) is 0 Å². The summed E-state index contributed by atoms with van der Waals surface area (Å²) < 4.78 is 5.47. The molecule has 0 saturated carbocycles. The second-order valence-electron chi connectivity index (χ2n) is 5.30. The highest BCUT2D eigenvalue weighted by atomic mass is 16.5. The molecule has 112 valence electrons. The van der Waals surface area contributed by atoms with Crippen LogP contribution in [-0.2, 0) is 0 Å². The maximum atomic E-state index is 5.87. The van der Waals surface area contributed by atoms with Gasteiger partial charge in [-0.25, -0.2) is 0 Å². The number of ether oxygens (including phenoxy) is 1. The summed E-state index contributed by atoms with van der Waals surface area (Å²) in [6.07, 6.45) is 2.57. The molecule has 1 aliphatic rings. The Bertz CT molecular complexity index is 438. The lowest BCUT2D eigenvalue weighted by molar-refractivity contribution is 0.270. The molecule has 1 unspecified atom stereocenters. The van der Waals surface area contributed by atoms with E-state index in [1.807, 2.05) is 19.1 Å². The van der Waals surface area contributed by atoms with Crippen LogP contribution < -0.4 is 15.4 Å². The van der Waals surface area contributed by atoms with Gasteiger partial charge in [-0.05, 0) is 45.0 Å². The average Bonchev–Trinajstić information content (AvgIpc) is 2.88. The van der Waals surface area contributed by atoms with E-state index in [2.05, 4.69) is 28.8 Å². The number of hydrogen-bond donors (Lipinski definition) is 1. The molecule has 2 N–H and O–H groups in total. The number of nitrogen functional groups attached to an aromatic ring is 1. The van der Waals surface area contributed by atoms with Crippen LogP contribution in [0.3, 0.4) is 0 Å². The predicted molar refractivity (Wildman–Crippen MR) is 83.4 cm³/mol. The number of nitrogens with two attached hydrogens (primary N) is 1. The largest absolute Gasteiger partial charge is 0.476 e. The van der Waals surface area contributed by atoms with Crippen LogP contribution in [-0.4, -0.2) is 49.2 Å². The molecular weight excluding hydrogens is 252 g/mol. The average molecular weight is 278 g/mol. The molecule has 1 aromatic heterocycles. The van der Waals surface area contributed by atoms with Crippen LogP contribution in [0.1, 0.15) is 26.7 Å². The van der Waals surface area contributed by atoms with Crippen LogP contribution >= 0.6 is 0 Å². The minimum atomic E-state index is 0.538. The number of aromatic nitrogens is 1. The molecule has 0 spiro atoms. The zero-order valence-electron chi connectivity index (χ0n) is 12.8. The SMILES string of the molecule is CCOc1nc(N(C)CC2CCCN2CC)ccc1N. The third-order valence-corrected chi connectivity index (χ3v) is 3.94. The van der Waals surface area contributed by atoms with Gasteiger partial charge in [0.05, 0.1) is 12.3 Å². The Hall–Kier alpha value is -1.49. The highest BCUT2D eigenvalue weighted by Gasteiger charge is 2.24. The van der Waals surface area contributed by atoms with Crippen molar-refractivity contribution in [1.82, 2.24) is 9.88 Å². The third kappa shape index (κ3) is 3.33. The van der Waals surface area contributed by atoms with Crippen molar-refractivity contribution in [2.45, 2.75) is 32.7 Å². The number of likely N-dealkylation sites (N-methyl/N-ethyl adjacent to an activating group) is 2. The predicted octanol–water partition coefficient (Wildman–Crippen LogP) is 1.98. The van der Waals surface area contributed by atoms with Gasteiger partial charge in [0, 0.05) is 19.6 Å². The second-order valence-corrected chi connectivity index (χ2v) is 5.30. The van der Waals surface area contributed by atoms with Crippen LogP contribution in [0.4, 0.5) is 11.5 Å². The van der Waals surface area contributed by atoms with Crippen molar-refractivity contribution >= 4 is 11.5 Å². The number of nitrogens with zero attached hydrogens (tertiary/aromatic N) is 3. The molecule has 5 heteroatoms. The van der Waals surface area contributed by atoms with Crippen molar-refractivity contribution in [3.63, 3.8) is 0 Å². The molecule has 5 nitrogen and oxygen atoms in total. The quantitative estimate of drug-likeness (QED) is 0.862. The van der Waals surface area contributed by atoms with Crippen molar-refractivity contribution in [2.24, 2.45) is 0 Å². The molecule has 1 atom stereocenters. The molecule has 1 fully saturated rings. The fraction of sp³-hybridized carbons (Fsp3) is 0.667. The maximum Gasteiger partial charge on any atom is 0.239 e. The van der Waals surface area contributed by atoms with Crippen molar-refractivity contribution in [1.29, 1.82) is 0 Å². The van der Waals surface area contributed by atoms with Crippen LogP contribution in [0.15, 0.2) is 12.1 Å². The van der Waals surface area contributed by atoms with Gasteiger partial charge in [-0.2, -0.15) is 4.98 Å². The van der Waals surface area contributed by atoms with Crippen LogP contribution in [0.25, 0.3) is 0 Å². The summed E-state index contributed by atoms with van der Waals surface area (Å²) in [6, 6.07) is 4.46. The summed E-state index contributed by atoms with van der Waals surface area (Å²) in [5.41, 5.74) is 6.47. The Morgan fingerprint density at radius 2 is 2.25 bits per heavy atom. The second kappa shape index (κ2) is 6.79. The first kappa shape index (κ1) is 14.9. The molecule has 1 saturated heterocycles. The van der Waals surface area contributed by atoms with E-state index in [0.29, 0.717) is 24.2 Å². The molecule has 20 heavy (non-hydrogen) atoms. The van der Waals surface area contributed by atoms with E-state index in [0.717, 1.165) is 18.9 Å². The number of pyridine rings is 1. The molecule has 1 aliphatic heterocycles. The highest BCUT2D eigenvalue weighted by molar-refractivity contribution is 5.54. The summed E-state index contributed by atoms with van der Waals surface area (Å²) in [6.45, 7) is 8.08. The molecule has 0 bridgehead atoms. The highest BCUT2D eigenvalue weighted by Crippen LogP contribution is 2.24. The minimum Gasteiger partial charge on any atom is -0.476 e. The van der Waals surface area contributed by atoms with Crippen LogP contribution in [0, 0.1) is 0 Å². The first-order valence-corrected chi connectivity index (χ1v) is 7.50. The summed E-state index contributed by atoms with van der Waals surface area (Å²) in [4.78, 5) is 9.25. The van der Waals surface area contributed by atoms with E-state index in [4.69, 9.17) is 10.5 Å². The minimum absolute atomic E-state index is 0.538. The van der Waals surface area contributed by atoms with Crippen molar-refractivity contribution in [3.05, 3.63) is 12.1 Å². The monoisotopic (exact) mass is 278 g/mol. The fourth-order valence-electron chi connectivity index (χ4n) is 2.83. The Kier molecular flexibility index (Phi) is 5.06. The number of rotatable bonds is 6. The molecule has 0 amide bonds. The van der Waals surface area contributed by atoms with E-state index < -0.39 is 0 Å². The molecule has 0 radical (unpaired) electrons. The molecule has 0 aliphatic carbocycles. The zero-order chi connectivity index (χ0) is 14.5. The normalized spacial score (nSPS) is 19.2. The van der Waals surface area contributed by atoms with Crippen LogP contribution in [0.2, 0.25) is 0 Å². The lowest BCUT2D eigenvalue weighted by Gasteiger charge is -2.28. The van der Waals surface area contributed by atoms with Crippen molar-refractivity contribution < 1.29 is 4.74 Å². The summed E-state index contributed by atoms with van der Waals surface area (Å²) >= 11 is 0. The molecule has 1 aromatic rings. The molecule has 2 heterocycles. The van der Waals surface area contributed by atoms with Gasteiger partial charge < -0.3 is 15.4 Å². The van der Waals surface area contributed by atoms with Gasteiger partial charge in [-0.3, -0.25) is 4.90 Å². The van der Waals surface area contributed by atoms with Crippen LogP contribution in [0.5, 0.6) is 5.88 Å². The first-order chi connectivity index (χ1) is 9.65. The molecular formula is C15H26N4O.